The Hall–Kier alpha value is -2.20. The van der Waals surface area contributed by atoms with Crippen molar-refractivity contribution >= 4 is 28.3 Å². The molecule has 22 heavy (non-hydrogen) atoms. The quantitative estimate of drug-likeness (QED) is 0.857. The Kier molecular flexibility index (Phi) is 3.19. The number of thioether (sulfide) groups is 1. The first-order chi connectivity index (χ1) is 10.8. The van der Waals surface area contributed by atoms with E-state index in [-0.39, 0.29) is 11.9 Å². The smallest absolute Gasteiger partial charge is 0.227 e. The van der Waals surface area contributed by atoms with Crippen LogP contribution in [0.2, 0.25) is 0 Å². The maximum Gasteiger partial charge on any atom is 0.227 e. The second kappa shape index (κ2) is 5.21. The number of fused-ring (bicyclic) bond motifs is 3. The van der Waals surface area contributed by atoms with Crippen molar-refractivity contribution in [2.75, 3.05) is 4.90 Å². The maximum absolute atomic E-state index is 12.3. The van der Waals surface area contributed by atoms with E-state index in [9.17, 15) is 9.90 Å². The lowest BCUT2D eigenvalue weighted by atomic mass is 10.1. The number of carbonyl (C=O) groups is 1. The molecule has 110 valence electrons. The third-order valence-electron chi connectivity index (χ3n) is 4.13. The molecule has 2 aliphatic heterocycles. The van der Waals surface area contributed by atoms with Gasteiger partial charge in [0.05, 0.1) is 16.6 Å². The molecule has 0 radical (unpaired) electrons. The fourth-order valence-electron chi connectivity index (χ4n) is 3.10. The zero-order chi connectivity index (χ0) is 15.1. The van der Waals surface area contributed by atoms with E-state index >= 15 is 0 Å². The number of hydrogen-bond donors (Lipinski definition) is 1. The summed E-state index contributed by atoms with van der Waals surface area (Å²) < 4.78 is 0. The molecule has 1 atom stereocenters. The Morgan fingerprint density at radius 2 is 1.77 bits per heavy atom. The van der Waals surface area contributed by atoms with Crippen molar-refractivity contribution in [2.24, 2.45) is 0 Å². The third kappa shape index (κ3) is 2.03. The molecular weight excluding hydrogens is 294 g/mol. The number of hydrogen-bond acceptors (Lipinski definition) is 3. The van der Waals surface area contributed by atoms with Crippen LogP contribution in [0.4, 0.5) is 5.69 Å². The number of anilines is 1. The molecular formula is C18H15NO2S. The number of nitrogens with zero attached hydrogens (tertiary/aromatic N) is 1. The van der Waals surface area contributed by atoms with Gasteiger partial charge in [0.1, 0.15) is 5.76 Å². The number of aliphatic hydroxyl groups excluding tert-OH is 1. The topological polar surface area (TPSA) is 40.5 Å². The van der Waals surface area contributed by atoms with Crippen molar-refractivity contribution in [1.29, 1.82) is 0 Å². The van der Waals surface area contributed by atoms with Gasteiger partial charge in [-0.05, 0) is 24.1 Å². The fourth-order valence-corrected chi connectivity index (χ4v) is 4.23. The summed E-state index contributed by atoms with van der Waals surface area (Å²) in [7, 11) is 0. The number of aliphatic hydroxyl groups is 1. The van der Waals surface area contributed by atoms with Crippen molar-refractivity contribution < 1.29 is 9.90 Å². The highest BCUT2D eigenvalue weighted by atomic mass is 32.2. The molecule has 0 spiro atoms. The Balaban J connectivity index is 1.92. The lowest BCUT2D eigenvalue weighted by molar-refractivity contribution is -0.117. The molecule has 2 aromatic carbocycles. The first-order valence-electron chi connectivity index (χ1n) is 7.33. The Morgan fingerprint density at radius 3 is 2.59 bits per heavy atom. The normalized spacial score (nSPS) is 20.6. The van der Waals surface area contributed by atoms with E-state index in [4.69, 9.17) is 0 Å². The highest BCUT2D eigenvalue weighted by Gasteiger charge is 2.39. The van der Waals surface area contributed by atoms with Gasteiger partial charge in [0, 0.05) is 11.3 Å². The molecule has 1 fully saturated rings. The van der Waals surface area contributed by atoms with Crippen molar-refractivity contribution in [2.45, 2.75) is 23.8 Å². The highest BCUT2D eigenvalue weighted by molar-refractivity contribution is 8.08. The first kappa shape index (κ1) is 13.5. The molecule has 2 aliphatic rings. The molecule has 1 N–H and O–H groups in total. The SMILES string of the molecule is O=C1CCC2C(O)=C(c3ccccc3)Sc3ccccc3N12. The standard InChI is InChI=1S/C18H15NO2S/c20-16-11-10-14-17(21)18(12-6-2-1-3-7-12)22-15-9-5-4-8-13(15)19(14)16/h1-9,14,21H,10-11H2. The van der Waals surface area contributed by atoms with Gasteiger partial charge in [-0.2, -0.15) is 0 Å². The number of benzene rings is 2. The van der Waals surface area contributed by atoms with Crippen molar-refractivity contribution in [3.63, 3.8) is 0 Å². The summed E-state index contributed by atoms with van der Waals surface area (Å²) in [4.78, 5) is 15.9. The van der Waals surface area contributed by atoms with Crippen LogP contribution in [0, 0.1) is 0 Å². The molecule has 0 aromatic heterocycles. The lowest BCUT2D eigenvalue weighted by Crippen LogP contribution is -2.34. The second-order valence-corrected chi connectivity index (χ2v) is 6.52. The van der Waals surface area contributed by atoms with Crippen LogP contribution in [0.25, 0.3) is 4.91 Å². The minimum absolute atomic E-state index is 0.0823. The molecule has 1 saturated heterocycles. The van der Waals surface area contributed by atoms with Crippen LogP contribution in [0.15, 0.2) is 65.3 Å². The monoisotopic (exact) mass is 309 g/mol. The summed E-state index contributed by atoms with van der Waals surface area (Å²) in [5.41, 5.74) is 1.89. The van der Waals surface area contributed by atoms with Crippen molar-refractivity contribution in [3.8, 4) is 0 Å². The summed E-state index contributed by atoms with van der Waals surface area (Å²) in [5.74, 6) is 0.386. The van der Waals surface area contributed by atoms with E-state index < -0.39 is 0 Å². The van der Waals surface area contributed by atoms with Gasteiger partial charge in [-0.1, -0.05) is 54.2 Å². The van der Waals surface area contributed by atoms with Gasteiger partial charge >= 0.3 is 0 Å². The van der Waals surface area contributed by atoms with E-state index in [0.29, 0.717) is 18.6 Å². The number of amides is 1. The number of para-hydroxylation sites is 1. The van der Waals surface area contributed by atoms with E-state index in [0.717, 1.165) is 21.1 Å². The average Bonchev–Trinajstić information content (AvgIpc) is 2.89. The minimum Gasteiger partial charge on any atom is -0.509 e. The van der Waals surface area contributed by atoms with Gasteiger partial charge < -0.3 is 10.0 Å². The zero-order valence-corrected chi connectivity index (χ0v) is 12.7. The molecule has 2 aromatic rings. The Morgan fingerprint density at radius 1 is 1.05 bits per heavy atom. The minimum atomic E-state index is -0.251. The van der Waals surface area contributed by atoms with Crippen molar-refractivity contribution in [3.05, 3.63) is 65.9 Å². The van der Waals surface area contributed by atoms with Crippen LogP contribution in [-0.2, 0) is 4.79 Å². The van der Waals surface area contributed by atoms with Crippen LogP contribution in [0.5, 0.6) is 0 Å². The van der Waals surface area contributed by atoms with Crippen LogP contribution in [0.3, 0.4) is 0 Å². The summed E-state index contributed by atoms with van der Waals surface area (Å²) in [6, 6.07) is 17.5. The summed E-state index contributed by atoms with van der Waals surface area (Å²) in [6.45, 7) is 0. The van der Waals surface area contributed by atoms with E-state index in [2.05, 4.69) is 0 Å². The van der Waals surface area contributed by atoms with Gasteiger partial charge in [-0.15, -0.1) is 0 Å². The molecule has 4 heteroatoms. The molecule has 3 nitrogen and oxygen atoms in total. The van der Waals surface area contributed by atoms with Gasteiger partial charge in [0.2, 0.25) is 5.91 Å². The highest BCUT2D eigenvalue weighted by Crippen LogP contribution is 2.48. The van der Waals surface area contributed by atoms with Crippen LogP contribution >= 0.6 is 11.8 Å². The molecule has 2 heterocycles. The molecule has 0 bridgehead atoms. The van der Waals surface area contributed by atoms with Crippen LogP contribution in [-0.4, -0.2) is 17.1 Å². The van der Waals surface area contributed by atoms with Gasteiger partial charge in [0.25, 0.3) is 0 Å². The van der Waals surface area contributed by atoms with Crippen LogP contribution < -0.4 is 4.90 Å². The Bertz CT molecular complexity index is 770. The summed E-state index contributed by atoms with van der Waals surface area (Å²) in [6.07, 6.45) is 1.14. The largest absolute Gasteiger partial charge is 0.509 e. The molecule has 0 saturated carbocycles. The summed E-state index contributed by atoms with van der Waals surface area (Å²) >= 11 is 1.53. The number of carbonyl (C=O) groups excluding carboxylic acids is 1. The summed E-state index contributed by atoms with van der Waals surface area (Å²) in [5, 5.41) is 10.8. The average molecular weight is 309 g/mol. The van der Waals surface area contributed by atoms with E-state index in [1.54, 1.807) is 4.90 Å². The van der Waals surface area contributed by atoms with Gasteiger partial charge in [-0.3, -0.25) is 4.79 Å². The first-order valence-corrected chi connectivity index (χ1v) is 8.15. The molecule has 1 unspecified atom stereocenters. The predicted octanol–water partition coefficient (Wildman–Crippen LogP) is 4.21. The fraction of sp³-hybridized carbons (Fsp3) is 0.167. The Labute approximate surface area is 133 Å². The lowest BCUT2D eigenvalue weighted by Gasteiger charge is -2.23. The maximum atomic E-state index is 12.3. The third-order valence-corrected chi connectivity index (χ3v) is 5.35. The van der Waals surface area contributed by atoms with E-state index in [1.807, 2.05) is 54.6 Å². The zero-order valence-electron chi connectivity index (χ0n) is 11.9. The molecule has 1 amide bonds. The molecule has 0 aliphatic carbocycles. The van der Waals surface area contributed by atoms with Gasteiger partial charge in [-0.25, -0.2) is 0 Å². The molecule has 4 rings (SSSR count). The van der Waals surface area contributed by atoms with Crippen LogP contribution in [0.1, 0.15) is 18.4 Å². The van der Waals surface area contributed by atoms with E-state index in [1.165, 1.54) is 11.8 Å². The van der Waals surface area contributed by atoms with Crippen molar-refractivity contribution in [1.82, 2.24) is 0 Å². The predicted molar refractivity (Wildman–Crippen MR) is 88.8 cm³/mol. The van der Waals surface area contributed by atoms with Gasteiger partial charge in [0.15, 0.2) is 0 Å². The second-order valence-electron chi connectivity index (χ2n) is 5.47. The number of rotatable bonds is 1.